The number of halogens is 2. The summed E-state index contributed by atoms with van der Waals surface area (Å²) in [6, 6.07) is 2.85. The van der Waals surface area contributed by atoms with Gasteiger partial charge >= 0.3 is 0 Å². The second-order valence-electron chi connectivity index (χ2n) is 3.44. The topological polar surface area (TPSA) is 64.3 Å². The number of alkyl halides is 2. The number of nitrogen functional groups attached to an aromatic ring is 1. The molecule has 0 atom stereocenters. The molecule has 6 heteroatoms. The van der Waals surface area contributed by atoms with Gasteiger partial charge < -0.3 is 15.8 Å². The second-order valence-corrected chi connectivity index (χ2v) is 3.44. The lowest BCUT2D eigenvalue weighted by Gasteiger charge is -2.13. The van der Waals surface area contributed by atoms with Crippen molar-refractivity contribution < 1.29 is 18.3 Å². The maximum absolute atomic E-state index is 12.1. The molecule has 0 aliphatic carbocycles. The number of carbonyl (C=O) groups is 1. The molecule has 0 saturated carbocycles. The fourth-order valence-electron chi connectivity index (χ4n) is 1.36. The van der Waals surface area contributed by atoms with E-state index in [4.69, 9.17) is 10.5 Å². The zero-order valence-corrected chi connectivity index (χ0v) is 9.59. The lowest BCUT2D eigenvalue weighted by atomic mass is 10.1. The van der Waals surface area contributed by atoms with Gasteiger partial charge in [0.25, 0.3) is 6.43 Å². The van der Waals surface area contributed by atoms with Crippen LogP contribution in [0.4, 0.5) is 20.2 Å². The van der Waals surface area contributed by atoms with Crippen LogP contribution in [0.25, 0.3) is 0 Å². The summed E-state index contributed by atoms with van der Waals surface area (Å²) in [6.45, 7) is 0.566. The summed E-state index contributed by atoms with van der Waals surface area (Å²) in [4.78, 5) is 11.3. The predicted octanol–water partition coefficient (Wildman–Crippen LogP) is 2.16. The molecule has 0 saturated heterocycles. The molecule has 0 aliphatic heterocycles. The number of rotatable bonds is 5. The summed E-state index contributed by atoms with van der Waals surface area (Å²) >= 11 is 0. The Hall–Kier alpha value is -1.85. The number of anilines is 2. The molecule has 1 aromatic rings. The lowest BCUT2D eigenvalue weighted by molar-refractivity contribution is 0.0803. The molecule has 3 N–H and O–H groups in total. The molecule has 0 aliphatic rings. The minimum absolute atomic E-state index is 0.108. The molecule has 1 aromatic carbocycles. The fraction of sp³-hybridized carbons (Fsp3) is 0.364. The van der Waals surface area contributed by atoms with Crippen molar-refractivity contribution in [2.24, 2.45) is 0 Å². The first-order valence-corrected chi connectivity index (χ1v) is 4.98. The maximum Gasteiger partial charge on any atom is 0.272 e. The number of Topliss-reactive ketones (excluding diaryl/α,β-unsaturated/α-hetero) is 1. The number of nitrogens with one attached hydrogen (secondary N) is 1. The van der Waals surface area contributed by atoms with Crippen molar-refractivity contribution in [1.82, 2.24) is 0 Å². The molecule has 0 fully saturated rings. The van der Waals surface area contributed by atoms with Gasteiger partial charge in [0.1, 0.15) is 12.4 Å². The number of ketones is 1. The van der Waals surface area contributed by atoms with Crippen LogP contribution in [0.1, 0.15) is 17.3 Å². The fourth-order valence-corrected chi connectivity index (χ4v) is 1.36. The van der Waals surface area contributed by atoms with Crippen LogP contribution in [-0.4, -0.2) is 25.9 Å². The molecule has 0 unspecified atom stereocenters. The number of nitrogens with two attached hydrogens (primary N) is 1. The Labute approximate surface area is 97.8 Å². The van der Waals surface area contributed by atoms with Gasteiger partial charge in [-0.05, 0) is 13.0 Å². The van der Waals surface area contributed by atoms with E-state index in [0.717, 1.165) is 0 Å². The zero-order valence-electron chi connectivity index (χ0n) is 9.59. The van der Waals surface area contributed by atoms with Gasteiger partial charge in [0.2, 0.25) is 0 Å². The van der Waals surface area contributed by atoms with Crippen molar-refractivity contribution in [3.63, 3.8) is 0 Å². The van der Waals surface area contributed by atoms with Crippen molar-refractivity contribution in [3.05, 3.63) is 17.7 Å². The number of benzene rings is 1. The monoisotopic (exact) mass is 244 g/mol. The standard InChI is InChI=1S/C11H14F2N2O2/c1-6(16)7-3-8(14)9(15-2)4-10(7)17-5-11(12)13/h3-4,11,15H,5,14H2,1-2H3. The summed E-state index contributed by atoms with van der Waals surface area (Å²) in [7, 11) is 1.63. The van der Waals surface area contributed by atoms with Crippen LogP contribution in [0, 0.1) is 0 Å². The van der Waals surface area contributed by atoms with Gasteiger partial charge in [-0.1, -0.05) is 0 Å². The Morgan fingerprint density at radius 3 is 2.65 bits per heavy atom. The number of ether oxygens (including phenoxy) is 1. The van der Waals surface area contributed by atoms with Gasteiger partial charge in [0, 0.05) is 13.1 Å². The Morgan fingerprint density at radius 2 is 2.18 bits per heavy atom. The van der Waals surface area contributed by atoms with E-state index in [2.05, 4.69) is 5.32 Å². The smallest absolute Gasteiger partial charge is 0.272 e. The average molecular weight is 244 g/mol. The summed E-state index contributed by atoms with van der Waals surface area (Å²) in [5.74, 6) is -0.181. The highest BCUT2D eigenvalue weighted by molar-refractivity contribution is 5.99. The van der Waals surface area contributed by atoms with Gasteiger partial charge in [-0.25, -0.2) is 8.78 Å². The highest BCUT2D eigenvalue weighted by Crippen LogP contribution is 2.29. The van der Waals surface area contributed by atoms with Gasteiger partial charge in [-0.2, -0.15) is 0 Å². The summed E-state index contributed by atoms with van der Waals surface area (Å²) in [6.07, 6.45) is -2.59. The van der Waals surface area contributed by atoms with E-state index < -0.39 is 13.0 Å². The van der Waals surface area contributed by atoms with Gasteiger partial charge in [0.15, 0.2) is 5.78 Å². The van der Waals surface area contributed by atoms with Gasteiger partial charge in [-0.3, -0.25) is 4.79 Å². The first-order chi connectivity index (χ1) is 7.95. The van der Waals surface area contributed by atoms with Crippen molar-refractivity contribution in [2.45, 2.75) is 13.3 Å². The Kier molecular flexibility index (Phi) is 4.25. The SMILES string of the molecule is CNc1cc(OCC(F)F)c(C(C)=O)cc1N. The summed E-state index contributed by atoms with van der Waals surface area (Å²) < 4.78 is 29.0. The molecule has 94 valence electrons. The molecule has 0 heterocycles. The van der Waals surface area contributed by atoms with Gasteiger partial charge in [0.05, 0.1) is 16.9 Å². The van der Waals surface area contributed by atoms with Crippen LogP contribution >= 0.6 is 0 Å². The van der Waals surface area contributed by atoms with E-state index >= 15 is 0 Å². The van der Waals surface area contributed by atoms with Crippen LogP contribution in [-0.2, 0) is 0 Å². The molecular formula is C11H14F2N2O2. The van der Waals surface area contributed by atoms with E-state index in [0.29, 0.717) is 11.4 Å². The quantitative estimate of drug-likeness (QED) is 0.615. The lowest BCUT2D eigenvalue weighted by Crippen LogP contribution is -2.10. The van der Waals surface area contributed by atoms with Crippen LogP contribution in [0.15, 0.2) is 12.1 Å². The Balaban J connectivity index is 3.10. The first-order valence-electron chi connectivity index (χ1n) is 4.98. The number of carbonyl (C=O) groups excluding carboxylic acids is 1. The molecule has 17 heavy (non-hydrogen) atoms. The molecule has 0 spiro atoms. The Morgan fingerprint density at radius 1 is 1.53 bits per heavy atom. The third kappa shape index (κ3) is 3.30. The molecular weight excluding hydrogens is 230 g/mol. The normalized spacial score (nSPS) is 10.4. The first kappa shape index (κ1) is 13.2. The Bertz CT molecular complexity index is 422. The molecule has 0 radical (unpaired) electrons. The second kappa shape index (κ2) is 5.47. The number of hydrogen-bond donors (Lipinski definition) is 2. The molecule has 0 bridgehead atoms. The van der Waals surface area contributed by atoms with E-state index in [-0.39, 0.29) is 17.1 Å². The largest absolute Gasteiger partial charge is 0.487 e. The van der Waals surface area contributed by atoms with Crippen LogP contribution in [0.5, 0.6) is 5.75 Å². The van der Waals surface area contributed by atoms with Crippen molar-refractivity contribution in [2.75, 3.05) is 24.7 Å². The van der Waals surface area contributed by atoms with E-state index in [1.165, 1.54) is 19.1 Å². The average Bonchev–Trinajstić information content (AvgIpc) is 2.26. The summed E-state index contributed by atoms with van der Waals surface area (Å²) in [5, 5.41) is 2.79. The third-order valence-corrected chi connectivity index (χ3v) is 2.17. The zero-order chi connectivity index (χ0) is 13.0. The highest BCUT2D eigenvalue weighted by atomic mass is 19.3. The molecule has 0 amide bonds. The van der Waals surface area contributed by atoms with E-state index in [9.17, 15) is 13.6 Å². The van der Waals surface area contributed by atoms with E-state index in [1.54, 1.807) is 7.05 Å². The van der Waals surface area contributed by atoms with Crippen molar-refractivity contribution in [1.29, 1.82) is 0 Å². The van der Waals surface area contributed by atoms with Crippen LogP contribution < -0.4 is 15.8 Å². The minimum atomic E-state index is -2.59. The molecule has 1 rings (SSSR count). The maximum atomic E-state index is 12.1. The summed E-state index contributed by atoms with van der Waals surface area (Å²) in [5.41, 5.74) is 6.76. The van der Waals surface area contributed by atoms with Gasteiger partial charge in [-0.15, -0.1) is 0 Å². The minimum Gasteiger partial charge on any atom is -0.487 e. The molecule has 0 aromatic heterocycles. The van der Waals surface area contributed by atoms with E-state index in [1.807, 2.05) is 0 Å². The van der Waals surface area contributed by atoms with Crippen LogP contribution in [0.3, 0.4) is 0 Å². The van der Waals surface area contributed by atoms with Crippen LogP contribution in [0.2, 0.25) is 0 Å². The predicted molar refractivity (Wildman–Crippen MR) is 61.9 cm³/mol. The van der Waals surface area contributed by atoms with Crippen molar-refractivity contribution in [3.8, 4) is 5.75 Å². The van der Waals surface area contributed by atoms with Crippen molar-refractivity contribution >= 4 is 17.2 Å². The third-order valence-electron chi connectivity index (χ3n) is 2.17. The number of hydrogen-bond acceptors (Lipinski definition) is 4. The highest BCUT2D eigenvalue weighted by Gasteiger charge is 2.14. The molecule has 4 nitrogen and oxygen atoms in total.